The first-order valence-electron chi connectivity index (χ1n) is 19.6. The fourth-order valence-electron chi connectivity index (χ4n) is 6.97. The maximum absolute atomic E-state index is 16.9. The third kappa shape index (κ3) is 10.8. The van der Waals surface area contributed by atoms with Crippen molar-refractivity contribution in [2.24, 2.45) is 11.8 Å². The number of hydrogen-bond donors (Lipinski definition) is 0. The molecule has 1 aliphatic heterocycles. The summed E-state index contributed by atoms with van der Waals surface area (Å²) in [5.74, 6) is 0.711. The standard InChI is InChI=1S/C34H42F2N4OS.C7H12FN.C4H6O/c1-10-20(7)12-15-26(18(3)4)40(8)33-23-16-21(11-2)27(29(36)30(23)38-34(39-33)41-9)22-13-14-25(35)32-28(22)24(17-37)31(42-32)19(5)6;1-6(8)7-3-4-9(2)5-7;1-3-4(2)5/h13-14,16,18-20,26H,10-12,15H2,1-9H3;3-5H2,1-2H3;3H,1H2,2H3/b;7-6-;. The van der Waals surface area contributed by atoms with Crippen molar-refractivity contribution >= 4 is 43.9 Å². The number of thiophene rings is 1. The molecule has 2 aromatic heterocycles. The Hall–Kier alpha value is -4.27. The van der Waals surface area contributed by atoms with Crippen LogP contribution in [0, 0.1) is 34.8 Å². The summed E-state index contributed by atoms with van der Waals surface area (Å²) in [6, 6.07) is 7.48. The second-order valence-electron chi connectivity index (χ2n) is 15.4. The average Bonchev–Trinajstić information content (AvgIpc) is 3.80. The number of aryl methyl sites for hydroxylation is 1. The Morgan fingerprint density at radius 2 is 1.80 bits per heavy atom. The van der Waals surface area contributed by atoms with E-state index in [0.29, 0.717) is 56.2 Å². The summed E-state index contributed by atoms with van der Waals surface area (Å²) in [6.07, 6.45) is 5.92. The van der Waals surface area contributed by atoms with Crippen LogP contribution in [0.25, 0.3) is 32.1 Å². The molecule has 3 heterocycles. The minimum atomic E-state index is -0.519. The number of carbonyl (C=O) groups excluding carboxylic acids is 1. The number of ether oxygens (including phenoxy) is 1. The number of allylic oxidation sites excluding steroid dienone is 2. The summed E-state index contributed by atoms with van der Waals surface area (Å²) in [6.45, 7) is 22.9. The van der Waals surface area contributed by atoms with Crippen molar-refractivity contribution in [1.82, 2.24) is 14.9 Å². The topological polar surface area (TPSA) is 82.3 Å². The SMILES string of the molecule is C/C(F)=C1\CCN(C)C1.C=CC(C)=O.CCc1cc2c(N(C)C(CCC(C)CC)C(C)C)nc(OC)nc2c(F)c1-c1ccc(F)c2sc(C(C)C)c(C#N)c12. The van der Waals surface area contributed by atoms with Crippen LogP contribution >= 0.6 is 11.3 Å². The zero-order valence-electron chi connectivity index (χ0n) is 35.4. The zero-order chi connectivity index (χ0) is 42.0. The van der Waals surface area contributed by atoms with Crippen molar-refractivity contribution in [2.45, 2.75) is 106 Å². The van der Waals surface area contributed by atoms with Gasteiger partial charge < -0.3 is 14.5 Å². The number of likely N-dealkylation sites (N-methyl/N-ethyl adjacent to an activating group) is 1. The van der Waals surface area contributed by atoms with E-state index < -0.39 is 11.6 Å². The van der Waals surface area contributed by atoms with Crippen LogP contribution in [0.3, 0.4) is 0 Å². The number of nitrogens with zero attached hydrogens (tertiary/aromatic N) is 5. The van der Waals surface area contributed by atoms with Gasteiger partial charge in [0.1, 0.15) is 23.2 Å². The van der Waals surface area contributed by atoms with Crippen LogP contribution in [0.15, 0.2) is 42.3 Å². The van der Waals surface area contributed by atoms with Gasteiger partial charge in [0.05, 0.1) is 23.2 Å². The van der Waals surface area contributed by atoms with E-state index in [4.69, 9.17) is 9.72 Å². The Bertz CT molecular complexity index is 2080. The van der Waals surface area contributed by atoms with Crippen molar-refractivity contribution in [3.8, 4) is 23.2 Å². The zero-order valence-corrected chi connectivity index (χ0v) is 36.2. The largest absolute Gasteiger partial charge is 0.467 e. The predicted octanol–water partition coefficient (Wildman–Crippen LogP) is 12.0. The first-order valence-corrected chi connectivity index (χ1v) is 20.4. The summed E-state index contributed by atoms with van der Waals surface area (Å²) in [5, 5.41) is 11.2. The number of aromatic nitrogens is 2. The number of nitriles is 1. The highest BCUT2D eigenvalue weighted by atomic mass is 32.1. The maximum atomic E-state index is 16.9. The van der Waals surface area contributed by atoms with Crippen molar-refractivity contribution in [3.63, 3.8) is 0 Å². The average molecular weight is 792 g/mol. The summed E-state index contributed by atoms with van der Waals surface area (Å²) < 4.78 is 50.3. The number of halogens is 3. The third-order valence-electron chi connectivity index (χ3n) is 10.5. The Labute approximate surface area is 336 Å². The van der Waals surface area contributed by atoms with E-state index in [0.717, 1.165) is 54.8 Å². The normalized spacial score (nSPS) is 14.9. The molecule has 1 aliphatic rings. The fraction of sp³-hybridized carbons (Fsp3) is 0.511. The lowest BCUT2D eigenvalue weighted by Gasteiger charge is -2.34. The Morgan fingerprint density at radius 1 is 1.14 bits per heavy atom. The van der Waals surface area contributed by atoms with Crippen LogP contribution < -0.4 is 9.64 Å². The van der Waals surface area contributed by atoms with Crippen LogP contribution in [0.1, 0.15) is 110 Å². The number of benzene rings is 2. The Balaban J connectivity index is 0.000000505. The van der Waals surface area contributed by atoms with Crippen molar-refractivity contribution in [3.05, 3.63) is 69.9 Å². The van der Waals surface area contributed by atoms with Crippen LogP contribution in [-0.4, -0.2) is 61.0 Å². The molecular weight excluding hydrogens is 732 g/mol. The molecule has 4 aromatic rings. The highest BCUT2D eigenvalue weighted by Crippen LogP contribution is 2.45. The number of methoxy groups -OCH3 is 1. The van der Waals surface area contributed by atoms with E-state index in [-0.39, 0.29) is 35.1 Å². The molecule has 0 radical (unpaired) electrons. The van der Waals surface area contributed by atoms with E-state index in [2.05, 4.69) is 55.1 Å². The number of likely N-dealkylation sites (tertiary alicyclic amines) is 1. The molecular formula is C45H60F3N5O2S. The van der Waals surface area contributed by atoms with E-state index in [1.807, 2.05) is 40.9 Å². The minimum absolute atomic E-state index is 0.0133. The summed E-state index contributed by atoms with van der Waals surface area (Å²) >= 11 is 1.27. The van der Waals surface area contributed by atoms with Gasteiger partial charge in [-0.15, -0.1) is 11.3 Å². The molecule has 0 bridgehead atoms. The van der Waals surface area contributed by atoms with Gasteiger partial charge in [0.2, 0.25) is 0 Å². The predicted molar refractivity (Wildman–Crippen MR) is 228 cm³/mol. The molecule has 7 nitrogen and oxygen atoms in total. The van der Waals surface area contributed by atoms with Gasteiger partial charge in [-0.3, -0.25) is 4.79 Å². The molecule has 1 fully saturated rings. The summed E-state index contributed by atoms with van der Waals surface area (Å²) in [5.41, 5.74) is 3.11. The van der Waals surface area contributed by atoms with Gasteiger partial charge >= 0.3 is 6.01 Å². The van der Waals surface area contributed by atoms with Gasteiger partial charge in [0.15, 0.2) is 11.6 Å². The smallest absolute Gasteiger partial charge is 0.318 e. The number of carbonyl (C=O) groups is 1. The van der Waals surface area contributed by atoms with Crippen molar-refractivity contribution in [2.75, 3.05) is 39.2 Å². The molecule has 0 aliphatic carbocycles. The minimum Gasteiger partial charge on any atom is -0.467 e. The van der Waals surface area contributed by atoms with Crippen LogP contribution in [0.2, 0.25) is 0 Å². The molecule has 0 spiro atoms. The number of fused-ring (bicyclic) bond motifs is 2. The molecule has 2 atom stereocenters. The lowest BCUT2D eigenvalue weighted by atomic mass is 9.90. The van der Waals surface area contributed by atoms with Gasteiger partial charge in [-0.1, -0.05) is 67.5 Å². The van der Waals surface area contributed by atoms with Crippen LogP contribution in [-0.2, 0) is 11.2 Å². The molecule has 5 rings (SSSR count). The lowest BCUT2D eigenvalue weighted by molar-refractivity contribution is -0.112. The summed E-state index contributed by atoms with van der Waals surface area (Å²) in [7, 11) is 5.51. The number of rotatable bonds is 12. The summed E-state index contributed by atoms with van der Waals surface area (Å²) in [4.78, 5) is 24.0. The second kappa shape index (κ2) is 20.8. The van der Waals surface area contributed by atoms with Gasteiger partial charge in [0.25, 0.3) is 0 Å². The van der Waals surface area contributed by atoms with Crippen LogP contribution in [0.4, 0.5) is 19.0 Å². The number of ketones is 1. The monoisotopic (exact) mass is 791 g/mol. The molecule has 1 saturated heterocycles. The van der Waals surface area contributed by atoms with Crippen LogP contribution in [0.5, 0.6) is 6.01 Å². The van der Waals surface area contributed by atoms with E-state index in [1.54, 1.807) is 6.07 Å². The second-order valence-corrected chi connectivity index (χ2v) is 16.4. The molecule has 0 saturated carbocycles. The van der Waals surface area contributed by atoms with E-state index in [1.165, 1.54) is 44.4 Å². The molecule has 56 heavy (non-hydrogen) atoms. The van der Waals surface area contributed by atoms with Gasteiger partial charge in [-0.2, -0.15) is 15.2 Å². The highest BCUT2D eigenvalue weighted by molar-refractivity contribution is 7.19. The van der Waals surface area contributed by atoms with Crippen molar-refractivity contribution in [1.29, 1.82) is 5.26 Å². The quantitative estimate of drug-likeness (QED) is 0.132. The van der Waals surface area contributed by atoms with E-state index in [9.17, 15) is 14.4 Å². The first kappa shape index (κ1) is 46.1. The van der Waals surface area contributed by atoms with Gasteiger partial charge in [-0.25, -0.2) is 13.2 Å². The molecule has 2 aromatic carbocycles. The maximum Gasteiger partial charge on any atom is 0.318 e. The van der Waals surface area contributed by atoms with Gasteiger partial charge in [0, 0.05) is 47.4 Å². The number of hydrogen-bond acceptors (Lipinski definition) is 8. The molecule has 11 heteroatoms. The first-order chi connectivity index (χ1) is 26.4. The number of anilines is 1. The third-order valence-corrected chi connectivity index (χ3v) is 12.0. The molecule has 304 valence electrons. The molecule has 0 N–H and O–H groups in total. The fourth-order valence-corrected chi connectivity index (χ4v) is 8.16. The molecule has 2 unspecified atom stereocenters. The Kier molecular flexibility index (Phi) is 17.1. The van der Waals surface area contributed by atoms with Crippen molar-refractivity contribution < 1.29 is 22.7 Å². The Morgan fingerprint density at radius 3 is 2.27 bits per heavy atom. The van der Waals surface area contributed by atoms with E-state index >= 15 is 8.78 Å². The highest BCUT2D eigenvalue weighted by Gasteiger charge is 2.28. The van der Waals surface area contributed by atoms with Gasteiger partial charge in [-0.05, 0) is 99.2 Å². The lowest BCUT2D eigenvalue weighted by Crippen LogP contribution is -2.37. The molecule has 0 amide bonds.